The normalized spacial score (nSPS) is 18.9. The highest BCUT2D eigenvalue weighted by Gasteiger charge is 2.23. The molecule has 1 aliphatic rings. The van der Waals surface area contributed by atoms with Gasteiger partial charge in [-0.2, -0.15) is 0 Å². The van der Waals surface area contributed by atoms with Gasteiger partial charge in [0.25, 0.3) is 0 Å². The number of benzene rings is 1. The summed E-state index contributed by atoms with van der Waals surface area (Å²) in [7, 11) is 3.48. The molecule has 0 bridgehead atoms. The minimum atomic E-state index is 0.387. The van der Waals surface area contributed by atoms with Crippen LogP contribution >= 0.6 is 11.6 Å². The molecule has 1 atom stereocenters. The Hall–Kier alpha value is -1.46. The molecule has 0 aromatic heterocycles. The second-order valence-electron chi connectivity index (χ2n) is 5.05. The van der Waals surface area contributed by atoms with Gasteiger partial charge in [-0.05, 0) is 24.6 Å². The maximum absolute atomic E-state index is 6.05. The zero-order valence-electron chi connectivity index (χ0n) is 12.6. The number of methoxy groups -OCH3 is 1. The van der Waals surface area contributed by atoms with Crippen molar-refractivity contribution in [3.05, 3.63) is 29.3 Å². The predicted octanol–water partition coefficient (Wildman–Crippen LogP) is 1.73. The van der Waals surface area contributed by atoms with Gasteiger partial charge in [-0.15, -0.1) is 0 Å². The Balaban J connectivity index is 1.84. The average Bonchev–Trinajstić information content (AvgIpc) is 2.95. The van der Waals surface area contributed by atoms with Gasteiger partial charge in [0.05, 0.1) is 6.61 Å². The van der Waals surface area contributed by atoms with E-state index in [0.29, 0.717) is 12.6 Å². The molecule has 0 spiro atoms. The fourth-order valence-corrected chi connectivity index (χ4v) is 2.63. The van der Waals surface area contributed by atoms with E-state index in [-0.39, 0.29) is 0 Å². The number of aliphatic imine (C=N–C) groups is 1. The molecule has 1 unspecified atom stereocenters. The Labute approximate surface area is 131 Å². The Morgan fingerprint density at radius 3 is 3.10 bits per heavy atom. The minimum absolute atomic E-state index is 0.387. The van der Waals surface area contributed by atoms with Crippen molar-refractivity contribution < 1.29 is 4.74 Å². The quantitative estimate of drug-likeness (QED) is 0.494. The Kier molecular flexibility index (Phi) is 6.14. The zero-order chi connectivity index (χ0) is 15.1. The number of guanidine groups is 1. The molecule has 1 aliphatic heterocycles. The van der Waals surface area contributed by atoms with Crippen molar-refractivity contribution >= 4 is 23.2 Å². The summed E-state index contributed by atoms with van der Waals surface area (Å²) in [6.07, 6.45) is 1.08. The Morgan fingerprint density at radius 2 is 2.38 bits per heavy atom. The van der Waals surface area contributed by atoms with Crippen molar-refractivity contribution in [3.63, 3.8) is 0 Å². The van der Waals surface area contributed by atoms with Gasteiger partial charge in [-0.1, -0.05) is 17.7 Å². The third-order valence-corrected chi connectivity index (χ3v) is 3.76. The van der Waals surface area contributed by atoms with Crippen molar-refractivity contribution in [1.29, 1.82) is 0 Å². The maximum atomic E-state index is 6.05. The van der Waals surface area contributed by atoms with E-state index in [1.807, 2.05) is 18.2 Å². The number of anilines is 1. The molecule has 6 heteroatoms. The van der Waals surface area contributed by atoms with Gasteiger partial charge in [0.15, 0.2) is 5.96 Å². The number of hydrogen-bond acceptors (Lipinski definition) is 3. The molecule has 0 saturated carbocycles. The number of nitrogens with zero attached hydrogens (tertiary/aromatic N) is 2. The number of nitrogens with one attached hydrogen (secondary N) is 2. The van der Waals surface area contributed by atoms with Crippen molar-refractivity contribution in [2.45, 2.75) is 12.5 Å². The second kappa shape index (κ2) is 8.10. The van der Waals surface area contributed by atoms with Gasteiger partial charge in [-0.3, -0.25) is 4.99 Å². The topological polar surface area (TPSA) is 48.9 Å². The van der Waals surface area contributed by atoms with Gasteiger partial charge in [0.2, 0.25) is 0 Å². The smallest absolute Gasteiger partial charge is 0.191 e. The lowest BCUT2D eigenvalue weighted by Gasteiger charge is -2.20. The van der Waals surface area contributed by atoms with Gasteiger partial charge in [-0.25, -0.2) is 0 Å². The molecule has 0 amide bonds. The molecular formula is C15H23ClN4O. The third-order valence-electron chi connectivity index (χ3n) is 3.52. The molecule has 5 nitrogen and oxygen atoms in total. The molecule has 2 rings (SSSR count). The van der Waals surface area contributed by atoms with Crippen LogP contribution in [0, 0.1) is 0 Å². The summed E-state index contributed by atoms with van der Waals surface area (Å²) in [5, 5.41) is 7.46. The molecule has 1 aromatic rings. The van der Waals surface area contributed by atoms with Crippen LogP contribution in [0.15, 0.2) is 29.3 Å². The lowest BCUT2D eigenvalue weighted by Crippen LogP contribution is -2.45. The molecule has 1 aromatic carbocycles. The van der Waals surface area contributed by atoms with Crippen molar-refractivity contribution in [3.8, 4) is 0 Å². The Bertz CT molecular complexity index is 480. The summed E-state index contributed by atoms with van der Waals surface area (Å²) >= 11 is 6.05. The highest BCUT2D eigenvalue weighted by atomic mass is 35.5. The molecule has 1 fully saturated rings. The summed E-state index contributed by atoms with van der Waals surface area (Å²) in [4.78, 5) is 6.57. The number of ether oxygens (including phenoxy) is 1. The number of hydrogen-bond donors (Lipinski definition) is 2. The average molecular weight is 311 g/mol. The van der Waals surface area contributed by atoms with Crippen LogP contribution in [-0.4, -0.2) is 52.4 Å². The first-order valence-corrected chi connectivity index (χ1v) is 7.57. The molecule has 21 heavy (non-hydrogen) atoms. The van der Waals surface area contributed by atoms with E-state index in [4.69, 9.17) is 16.3 Å². The van der Waals surface area contributed by atoms with Gasteiger partial charge >= 0.3 is 0 Å². The summed E-state index contributed by atoms with van der Waals surface area (Å²) in [6.45, 7) is 3.39. The van der Waals surface area contributed by atoms with E-state index in [2.05, 4.69) is 26.6 Å². The maximum Gasteiger partial charge on any atom is 0.191 e. The minimum Gasteiger partial charge on any atom is -0.383 e. The van der Waals surface area contributed by atoms with Crippen LogP contribution in [0.1, 0.15) is 6.42 Å². The molecule has 1 saturated heterocycles. The summed E-state index contributed by atoms with van der Waals surface area (Å²) in [6, 6.07) is 8.38. The van der Waals surface area contributed by atoms with Crippen LogP contribution in [-0.2, 0) is 4.74 Å². The van der Waals surface area contributed by atoms with Crippen LogP contribution in [0.3, 0.4) is 0 Å². The standard InChI is InChI=1S/C15H23ClN4O/c1-17-15(18-7-9-21-2)19-13-6-8-20(11-13)14-5-3-4-12(16)10-14/h3-5,10,13H,6-9,11H2,1-2H3,(H2,17,18,19). The van der Waals surface area contributed by atoms with E-state index in [9.17, 15) is 0 Å². The van der Waals surface area contributed by atoms with E-state index < -0.39 is 0 Å². The molecule has 0 radical (unpaired) electrons. The lowest BCUT2D eigenvalue weighted by molar-refractivity contribution is 0.203. The first-order valence-electron chi connectivity index (χ1n) is 7.19. The van der Waals surface area contributed by atoms with Crippen molar-refractivity contribution in [1.82, 2.24) is 10.6 Å². The van der Waals surface area contributed by atoms with E-state index in [1.54, 1.807) is 14.2 Å². The fraction of sp³-hybridized carbons (Fsp3) is 0.533. The molecule has 2 N–H and O–H groups in total. The first-order chi connectivity index (χ1) is 10.2. The number of rotatable bonds is 5. The summed E-state index contributed by atoms with van der Waals surface area (Å²) in [5.74, 6) is 0.824. The highest BCUT2D eigenvalue weighted by Crippen LogP contribution is 2.23. The SMILES string of the molecule is CN=C(NCCOC)NC1CCN(c2cccc(Cl)c2)C1. The van der Waals surface area contributed by atoms with Crippen LogP contribution in [0.4, 0.5) is 5.69 Å². The van der Waals surface area contributed by atoms with Gasteiger partial charge in [0, 0.05) is 50.5 Å². The van der Waals surface area contributed by atoms with Crippen LogP contribution in [0.5, 0.6) is 0 Å². The predicted molar refractivity (Wildman–Crippen MR) is 88.4 cm³/mol. The number of halogens is 1. The fourth-order valence-electron chi connectivity index (χ4n) is 2.44. The van der Waals surface area contributed by atoms with E-state index in [0.717, 1.165) is 37.0 Å². The summed E-state index contributed by atoms with van der Waals surface area (Å²) < 4.78 is 5.03. The lowest BCUT2D eigenvalue weighted by atomic mass is 10.3. The van der Waals surface area contributed by atoms with Gasteiger partial charge < -0.3 is 20.3 Å². The molecule has 116 valence electrons. The van der Waals surface area contributed by atoms with Crippen molar-refractivity contribution in [2.75, 3.05) is 45.3 Å². The van der Waals surface area contributed by atoms with Crippen molar-refractivity contribution in [2.24, 2.45) is 4.99 Å². The van der Waals surface area contributed by atoms with E-state index >= 15 is 0 Å². The largest absolute Gasteiger partial charge is 0.383 e. The third kappa shape index (κ3) is 4.79. The highest BCUT2D eigenvalue weighted by molar-refractivity contribution is 6.30. The van der Waals surface area contributed by atoms with Crippen LogP contribution in [0.2, 0.25) is 5.02 Å². The second-order valence-corrected chi connectivity index (χ2v) is 5.48. The molecular weight excluding hydrogens is 288 g/mol. The van der Waals surface area contributed by atoms with Crippen LogP contribution < -0.4 is 15.5 Å². The van der Waals surface area contributed by atoms with E-state index in [1.165, 1.54) is 5.69 Å². The first kappa shape index (κ1) is 15.9. The summed E-state index contributed by atoms with van der Waals surface area (Å²) in [5.41, 5.74) is 1.18. The molecule has 0 aliphatic carbocycles. The zero-order valence-corrected chi connectivity index (χ0v) is 13.4. The monoisotopic (exact) mass is 310 g/mol. The van der Waals surface area contributed by atoms with Crippen LogP contribution in [0.25, 0.3) is 0 Å². The Morgan fingerprint density at radius 1 is 1.52 bits per heavy atom. The van der Waals surface area contributed by atoms with Gasteiger partial charge in [0.1, 0.15) is 0 Å². The molecule has 1 heterocycles.